The fourth-order valence-electron chi connectivity index (χ4n) is 2.70. The molecule has 0 aromatic rings. The molecule has 17 heavy (non-hydrogen) atoms. The predicted molar refractivity (Wildman–Crippen MR) is 66.5 cm³/mol. The molecule has 4 nitrogen and oxygen atoms in total. The maximum Gasteiger partial charge on any atom is 0.226 e. The molecule has 0 radical (unpaired) electrons. The molecular formula is C13H24N2O2. The zero-order chi connectivity index (χ0) is 12.8. The number of hydrogen-bond acceptors (Lipinski definition) is 3. The standard InChI is InChI=1S/C13H24N2O2/c1-12(2)5-10(12)11(16)15-7-9(6-14)17-13(3,4)8-15/h9-10H,5-8,14H2,1-4H3. The Morgan fingerprint density at radius 1 is 1.41 bits per heavy atom. The van der Waals surface area contributed by atoms with Gasteiger partial charge in [0, 0.05) is 25.6 Å². The second-order valence-corrected chi connectivity index (χ2v) is 6.70. The van der Waals surface area contributed by atoms with Gasteiger partial charge < -0.3 is 15.4 Å². The van der Waals surface area contributed by atoms with E-state index in [1.807, 2.05) is 18.7 Å². The van der Waals surface area contributed by atoms with Crippen molar-refractivity contribution in [3.63, 3.8) is 0 Å². The van der Waals surface area contributed by atoms with Crippen molar-refractivity contribution in [2.45, 2.75) is 45.8 Å². The van der Waals surface area contributed by atoms with Crippen LogP contribution in [0.5, 0.6) is 0 Å². The maximum absolute atomic E-state index is 12.4. The van der Waals surface area contributed by atoms with Gasteiger partial charge in [-0.25, -0.2) is 0 Å². The summed E-state index contributed by atoms with van der Waals surface area (Å²) in [5.74, 6) is 0.486. The highest BCUT2D eigenvalue weighted by atomic mass is 16.5. The van der Waals surface area contributed by atoms with E-state index in [-0.39, 0.29) is 28.9 Å². The molecule has 2 unspecified atom stereocenters. The van der Waals surface area contributed by atoms with Crippen molar-refractivity contribution in [2.24, 2.45) is 17.1 Å². The number of ether oxygens (including phenoxy) is 1. The SMILES string of the molecule is CC1(C)CN(C(=O)C2CC2(C)C)CC(CN)O1. The van der Waals surface area contributed by atoms with Crippen molar-refractivity contribution in [3.05, 3.63) is 0 Å². The summed E-state index contributed by atoms with van der Waals surface area (Å²) in [6.45, 7) is 10.1. The van der Waals surface area contributed by atoms with Crippen molar-refractivity contribution < 1.29 is 9.53 Å². The Labute approximate surface area is 103 Å². The molecule has 2 rings (SSSR count). The van der Waals surface area contributed by atoms with Crippen LogP contribution in [0, 0.1) is 11.3 Å². The average Bonchev–Trinajstić information content (AvgIpc) is 2.84. The molecule has 1 saturated carbocycles. The molecule has 2 atom stereocenters. The molecule has 1 aliphatic carbocycles. The largest absolute Gasteiger partial charge is 0.367 e. The van der Waals surface area contributed by atoms with Gasteiger partial charge in [0.1, 0.15) is 0 Å². The lowest BCUT2D eigenvalue weighted by Crippen LogP contribution is -2.56. The molecule has 0 spiro atoms. The Kier molecular flexibility index (Phi) is 2.99. The molecule has 1 heterocycles. The van der Waals surface area contributed by atoms with Crippen LogP contribution < -0.4 is 5.73 Å². The number of amides is 1. The minimum Gasteiger partial charge on any atom is -0.367 e. The van der Waals surface area contributed by atoms with Crippen LogP contribution in [0.2, 0.25) is 0 Å². The van der Waals surface area contributed by atoms with Crippen molar-refractivity contribution in [1.82, 2.24) is 4.90 Å². The summed E-state index contributed by atoms with van der Waals surface area (Å²) in [7, 11) is 0. The van der Waals surface area contributed by atoms with Crippen LogP contribution in [-0.2, 0) is 9.53 Å². The molecule has 98 valence electrons. The van der Waals surface area contributed by atoms with Gasteiger partial charge in [-0.3, -0.25) is 4.79 Å². The van der Waals surface area contributed by atoms with Crippen LogP contribution in [0.1, 0.15) is 34.1 Å². The summed E-state index contributed by atoms with van der Waals surface area (Å²) in [6, 6.07) is 0. The minimum atomic E-state index is -0.281. The van der Waals surface area contributed by atoms with Crippen molar-refractivity contribution >= 4 is 5.91 Å². The zero-order valence-corrected chi connectivity index (χ0v) is 11.3. The summed E-state index contributed by atoms with van der Waals surface area (Å²) in [5.41, 5.74) is 5.58. The first kappa shape index (κ1) is 12.8. The van der Waals surface area contributed by atoms with Gasteiger partial charge in [0.15, 0.2) is 0 Å². The number of nitrogens with two attached hydrogens (primary N) is 1. The van der Waals surface area contributed by atoms with E-state index >= 15 is 0 Å². The molecule has 1 amide bonds. The Morgan fingerprint density at radius 3 is 2.47 bits per heavy atom. The second-order valence-electron chi connectivity index (χ2n) is 6.70. The lowest BCUT2D eigenvalue weighted by atomic mass is 10.0. The zero-order valence-electron chi connectivity index (χ0n) is 11.3. The third-order valence-electron chi connectivity index (χ3n) is 3.87. The smallest absolute Gasteiger partial charge is 0.226 e. The molecule has 0 aromatic heterocycles. The Morgan fingerprint density at radius 2 is 2.00 bits per heavy atom. The highest BCUT2D eigenvalue weighted by Gasteiger charge is 2.53. The molecule has 1 aliphatic heterocycles. The minimum absolute atomic E-state index is 0.0236. The first-order valence-electron chi connectivity index (χ1n) is 6.42. The first-order chi connectivity index (χ1) is 7.75. The molecule has 2 fully saturated rings. The van der Waals surface area contributed by atoms with Gasteiger partial charge in [-0.2, -0.15) is 0 Å². The van der Waals surface area contributed by atoms with Crippen LogP contribution in [0.25, 0.3) is 0 Å². The van der Waals surface area contributed by atoms with E-state index in [0.29, 0.717) is 19.6 Å². The number of rotatable bonds is 2. The summed E-state index contributed by atoms with van der Waals surface area (Å²) >= 11 is 0. The van der Waals surface area contributed by atoms with Crippen LogP contribution in [0.15, 0.2) is 0 Å². The van der Waals surface area contributed by atoms with Crippen LogP contribution in [-0.4, -0.2) is 42.1 Å². The number of carbonyl (C=O) groups is 1. The third kappa shape index (κ3) is 2.63. The van der Waals surface area contributed by atoms with Gasteiger partial charge in [-0.1, -0.05) is 13.8 Å². The molecule has 2 aliphatic rings. The van der Waals surface area contributed by atoms with Gasteiger partial charge in [-0.15, -0.1) is 0 Å². The van der Waals surface area contributed by atoms with Gasteiger partial charge in [-0.05, 0) is 25.7 Å². The number of hydrogen-bond donors (Lipinski definition) is 1. The van der Waals surface area contributed by atoms with E-state index in [4.69, 9.17) is 10.5 Å². The summed E-state index contributed by atoms with van der Waals surface area (Å²) in [4.78, 5) is 14.3. The molecular weight excluding hydrogens is 216 g/mol. The van der Waals surface area contributed by atoms with Crippen LogP contribution in [0.3, 0.4) is 0 Å². The Hall–Kier alpha value is -0.610. The summed E-state index contributed by atoms with van der Waals surface area (Å²) in [6.07, 6.45) is 0.987. The quantitative estimate of drug-likeness (QED) is 0.783. The monoisotopic (exact) mass is 240 g/mol. The van der Waals surface area contributed by atoms with E-state index in [1.165, 1.54) is 0 Å². The topological polar surface area (TPSA) is 55.6 Å². The van der Waals surface area contributed by atoms with E-state index in [0.717, 1.165) is 6.42 Å². The fourth-order valence-corrected chi connectivity index (χ4v) is 2.70. The lowest BCUT2D eigenvalue weighted by Gasteiger charge is -2.42. The second kappa shape index (κ2) is 3.95. The van der Waals surface area contributed by atoms with E-state index in [2.05, 4.69) is 13.8 Å². The molecule has 4 heteroatoms. The summed E-state index contributed by atoms with van der Waals surface area (Å²) < 4.78 is 5.84. The normalized spacial score (nSPS) is 34.5. The van der Waals surface area contributed by atoms with Crippen LogP contribution in [0.4, 0.5) is 0 Å². The Bertz CT molecular complexity index is 325. The number of nitrogens with zero attached hydrogens (tertiary/aromatic N) is 1. The van der Waals surface area contributed by atoms with E-state index in [1.54, 1.807) is 0 Å². The lowest BCUT2D eigenvalue weighted by molar-refractivity contribution is -0.161. The highest BCUT2D eigenvalue weighted by Crippen LogP contribution is 2.52. The van der Waals surface area contributed by atoms with Gasteiger partial charge in [0.2, 0.25) is 5.91 Å². The Balaban J connectivity index is 2.03. The maximum atomic E-state index is 12.4. The van der Waals surface area contributed by atoms with Gasteiger partial charge in [0.25, 0.3) is 0 Å². The molecule has 1 saturated heterocycles. The molecule has 2 N–H and O–H groups in total. The first-order valence-corrected chi connectivity index (χ1v) is 6.42. The van der Waals surface area contributed by atoms with Crippen LogP contribution >= 0.6 is 0 Å². The average molecular weight is 240 g/mol. The molecule has 0 bridgehead atoms. The van der Waals surface area contributed by atoms with Crippen molar-refractivity contribution in [2.75, 3.05) is 19.6 Å². The fraction of sp³-hybridized carbons (Fsp3) is 0.923. The predicted octanol–water partition coefficient (Wildman–Crippen LogP) is 0.997. The van der Waals surface area contributed by atoms with E-state index < -0.39 is 0 Å². The van der Waals surface area contributed by atoms with Gasteiger partial charge >= 0.3 is 0 Å². The van der Waals surface area contributed by atoms with Crippen molar-refractivity contribution in [3.8, 4) is 0 Å². The highest BCUT2D eigenvalue weighted by molar-refractivity contribution is 5.82. The molecule has 0 aromatic carbocycles. The number of morpholine rings is 1. The van der Waals surface area contributed by atoms with E-state index in [9.17, 15) is 4.79 Å². The van der Waals surface area contributed by atoms with Gasteiger partial charge in [0.05, 0.1) is 11.7 Å². The number of carbonyl (C=O) groups excluding carboxylic acids is 1. The third-order valence-corrected chi connectivity index (χ3v) is 3.87. The van der Waals surface area contributed by atoms with Crippen molar-refractivity contribution in [1.29, 1.82) is 0 Å². The summed E-state index contributed by atoms with van der Waals surface area (Å²) in [5, 5.41) is 0.